The summed E-state index contributed by atoms with van der Waals surface area (Å²) in [5.74, 6) is -0.956. The zero-order valence-electron chi connectivity index (χ0n) is 14.3. The van der Waals surface area contributed by atoms with Crippen LogP contribution in [0, 0.1) is 0 Å². The zero-order valence-corrected chi connectivity index (χ0v) is 15.9. The summed E-state index contributed by atoms with van der Waals surface area (Å²) in [7, 11) is 0. The van der Waals surface area contributed by atoms with E-state index in [4.69, 9.17) is 17.3 Å². The van der Waals surface area contributed by atoms with Crippen LogP contribution in [0.15, 0.2) is 72.8 Å². The molecular formula is C21H17ClN2O2S. The van der Waals surface area contributed by atoms with Crippen molar-refractivity contribution in [1.82, 2.24) is 4.98 Å². The Bertz CT molecular complexity index is 1060. The zero-order chi connectivity index (χ0) is 19.2. The second kappa shape index (κ2) is 8.77. The molecule has 136 valence electrons. The van der Waals surface area contributed by atoms with Crippen LogP contribution in [0.3, 0.4) is 0 Å². The maximum absolute atomic E-state index is 11.4. The maximum atomic E-state index is 11.4. The third-order valence-electron chi connectivity index (χ3n) is 3.85. The molecule has 0 aliphatic rings. The number of pyridine rings is 1. The number of benzene rings is 2. The highest BCUT2D eigenvalue weighted by Gasteiger charge is 2.13. The van der Waals surface area contributed by atoms with Gasteiger partial charge < -0.3 is 10.8 Å². The second-order valence-corrected chi connectivity index (χ2v) is 7.39. The van der Waals surface area contributed by atoms with E-state index >= 15 is 0 Å². The van der Waals surface area contributed by atoms with Crippen LogP contribution < -0.4 is 5.73 Å². The molecule has 0 unspecified atom stereocenters. The van der Waals surface area contributed by atoms with Crippen LogP contribution in [0.1, 0.15) is 15.9 Å². The number of carboxylic acids is 1. The summed E-state index contributed by atoms with van der Waals surface area (Å²) < 4.78 is 0.654. The lowest BCUT2D eigenvalue weighted by Crippen LogP contribution is -1.99. The van der Waals surface area contributed by atoms with Gasteiger partial charge >= 0.3 is 5.97 Å². The number of nitrogens with zero attached hydrogens (tertiary/aromatic N) is 1. The highest BCUT2D eigenvalue weighted by molar-refractivity contribution is 7.19. The Morgan fingerprint density at radius 1 is 1.04 bits per heavy atom. The summed E-state index contributed by atoms with van der Waals surface area (Å²) in [6.45, 7) is 0.640. The van der Waals surface area contributed by atoms with Crippen molar-refractivity contribution in [1.29, 1.82) is 0 Å². The Morgan fingerprint density at radius 2 is 1.74 bits per heavy atom. The van der Waals surface area contributed by atoms with Crippen LogP contribution in [0.4, 0.5) is 0 Å². The Labute approximate surface area is 165 Å². The molecule has 0 saturated heterocycles. The molecule has 0 saturated carbocycles. The Balaban J connectivity index is 0.000000221. The van der Waals surface area contributed by atoms with Gasteiger partial charge in [0, 0.05) is 11.9 Å². The van der Waals surface area contributed by atoms with Crippen molar-refractivity contribution < 1.29 is 9.90 Å². The van der Waals surface area contributed by atoms with Gasteiger partial charge in [-0.15, -0.1) is 11.3 Å². The van der Waals surface area contributed by atoms with Crippen LogP contribution in [-0.2, 0) is 6.54 Å². The molecule has 6 heteroatoms. The lowest BCUT2D eigenvalue weighted by molar-refractivity contribution is 0.0699. The number of fused-ring (bicyclic) bond motifs is 1. The van der Waals surface area contributed by atoms with E-state index < -0.39 is 5.97 Å². The van der Waals surface area contributed by atoms with Gasteiger partial charge in [0.25, 0.3) is 0 Å². The van der Waals surface area contributed by atoms with Gasteiger partial charge in [0.15, 0.2) is 0 Å². The minimum Gasteiger partial charge on any atom is -0.478 e. The lowest BCUT2D eigenvalue weighted by atomic mass is 10.1. The molecule has 27 heavy (non-hydrogen) atoms. The van der Waals surface area contributed by atoms with Gasteiger partial charge in [-0.25, -0.2) is 9.78 Å². The van der Waals surface area contributed by atoms with Crippen LogP contribution in [-0.4, -0.2) is 16.1 Å². The van der Waals surface area contributed by atoms with Crippen molar-refractivity contribution in [3.8, 4) is 10.6 Å². The molecule has 0 radical (unpaired) electrons. The first-order valence-electron chi connectivity index (χ1n) is 8.21. The third-order valence-corrected chi connectivity index (χ3v) is 5.10. The average molecular weight is 397 g/mol. The molecule has 2 heterocycles. The SMILES string of the molecule is NCc1ccccc1.O=C(O)c1cc(-c2ccc(Cl)s2)nc2ccccc12. The van der Waals surface area contributed by atoms with Crippen molar-refractivity contribution in [2.45, 2.75) is 6.54 Å². The van der Waals surface area contributed by atoms with Gasteiger partial charge in [0.1, 0.15) is 0 Å². The summed E-state index contributed by atoms with van der Waals surface area (Å²) in [6.07, 6.45) is 0. The van der Waals surface area contributed by atoms with Gasteiger partial charge in [-0.05, 0) is 29.8 Å². The molecule has 0 aliphatic carbocycles. The Kier molecular flexibility index (Phi) is 6.19. The Morgan fingerprint density at radius 3 is 2.33 bits per heavy atom. The van der Waals surface area contributed by atoms with E-state index in [-0.39, 0.29) is 5.56 Å². The molecule has 3 N–H and O–H groups in total. The van der Waals surface area contributed by atoms with Crippen molar-refractivity contribution in [2.75, 3.05) is 0 Å². The van der Waals surface area contributed by atoms with Gasteiger partial charge in [-0.2, -0.15) is 0 Å². The highest BCUT2D eigenvalue weighted by atomic mass is 35.5. The smallest absolute Gasteiger partial charge is 0.336 e. The average Bonchev–Trinajstić information content (AvgIpc) is 3.14. The van der Waals surface area contributed by atoms with Gasteiger partial charge in [0.05, 0.1) is 26.0 Å². The van der Waals surface area contributed by atoms with E-state index in [1.165, 1.54) is 16.9 Å². The number of nitrogens with two attached hydrogens (primary N) is 1. The summed E-state index contributed by atoms with van der Waals surface area (Å²) in [4.78, 5) is 16.7. The van der Waals surface area contributed by atoms with Crippen LogP contribution in [0.5, 0.6) is 0 Å². The fraction of sp³-hybridized carbons (Fsp3) is 0.0476. The standard InChI is InChI=1S/C14H8ClNO2S.C7H9N/c15-13-6-5-12(19-13)11-7-9(14(17)18)8-3-1-2-4-10(8)16-11;8-6-7-4-2-1-3-5-7/h1-7H,(H,17,18);1-5H,6,8H2. The monoisotopic (exact) mass is 396 g/mol. The first-order chi connectivity index (χ1) is 13.1. The minimum atomic E-state index is -0.956. The largest absolute Gasteiger partial charge is 0.478 e. The number of halogens is 1. The number of aromatic carboxylic acids is 1. The van der Waals surface area contributed by atoms with E-state index in [0.29, 0.717) is 27.5 Å². The van der Waals surface area contributed by atoms with Crippen LogP contribution >= 0.6 is 22.9 Å². The Hall–Kier alpha value is -2.73. The molecule has 0 aliphatic heterocycles. The number of para-hydroxylation sites is 1. The number of aromatic nitrogens is 1. The first-order valence-corrected chi connectivity index (χ1v) is 9.40. The van der Waals surface area contributed by atoms with Gasteiger partial charge in [0.2, 0.25) is 0 Å². The van der Waals surface area contributed by atoms with Gasteiger partial charge in [-0.1, -0.05) is 60.1 Å². The van der Waals surface area contributed by atoms with Crippen LogP contribution in [0.2, 0.25) is 4.34 Å². The van der Waals surface area contributed by atoms with E-state index in [0.717, 1.165) is 4.88 Å². The van der Waals surface area contributed by atoms with Crippen molar-refractivity contribution >= 4 is 39.8 Å². The van der Waals surface area contributed by atoms with E-state index in [2.05, 4.69) is 4.98 Å². The molecule has 0 bridgehead atoms. The van der Waals surface area contributed by atoms with Crippen molar-refractivity contribution in [3.05, 3.63) is 88.3 Å². The first kappa shape index (κ1) is 19.0. The number of rotatable bonds is 3. The minimum absolute atomic E-state index is 0.255. The van der Waals surface area contributed by atoms with Crippen molar-refractivity contribution in [2.24, 2.45) is 5.73 Å². The fourth-order valence-electron chi connectivity index (χ4n) is 2.54. The van der Waals surface area contributed by atoms with E-state index in [1.807, 2.05) is 42.5 Å². The van der Waals surface area contributed by atoms with Crippen molar-refractivity contribution in [3.63, 3.8) is 0 Å². The molecular weight excluding hydrogens is 380 g/mol. The maximum Gasteiger partial charge on any atom is 0.336 e. The highest BCUT2D eigenvalue weighted by Crippen LogP contribution is 2.32. The number of hydrogen-bond acceptors (Lipinski definition) is 4. The molecule has 4 nitrogen and oxygen atoms in total. The molecule has 2 aromatic heterocycles. The fourth-order valence-corrected chi connectivity index (χ4v) is 3.55. The summed E-state index contributed by atoms with van der Waals surface area (Å²) in [5.41, 5.74) is 8.09. The predicted octanol–water partition coefficient (Wildman–Crippen LogP) is 5.46. The number of hydrogen-bond donors (Lipinski definition) is 2. The van der Waals surface area contributed by atoms with Crippen LogP contribution in [0.25, 0.3) is 21.5 Å². The number of carbonyl (C=O) groups is 1. The lowest BCUT2D eigenvalue weighted by Gasteiger charge is -2.05. The molecule has 0 amide bonds. The van der Waals surface area contributed by atoms with E-state index in [1.54, 1.807) is 30.3 Å². The quantitative estimate of drug-likeness (QED) is 0.482. The molecule has 4 aromatic rings. The predicted molar refractivity (Wildman–Crippen MR) is 111 cm³/mol. The van der Waals surface area contributed by atoms with E-state index in [9.17, 15) is 9.90 Å². The summed E-state index contributed by atoms with van der Waals surface area (Å²) >= 11 is 7.29. The summed E-state index contributed by atoms with van der Waals surface area (Å²) in [6, 6.07) is 22.4. The number of carboxylic acid groups (broad SMARTS) is 1. The normalized spacial score (nSPS) is 10.3. The number of thiophene rings is 1. The molecule has 4 rings (SSSR count). The summed E-state index contributed by atoms with van der Waals surface area (Å²) in [5, 5.41) is 9.95. The van der Waals surface area contributed by atoms with Gasteiger partial charge in [-0.3, -0.25) is 0 Å². The second-order valence-electron chi connectivity index (χ2n) is 5.67. The molecule has 0 fully saturated rings. The third kappa shape index (κ3) is 4.71. The topological polar surface area (TPSA) is 76.2 Å². The molecule has 0 spiro atoms. The molecule has 2 aromatic carbocycles. The molecule has 0 atom stereocenters.